The molecule has 0 radical (unpaired) electrons. The van der Waals surface area contributed by atoms with Crippen molar-refractivity contribution in [1.29, 1.82) is 0 Å². The van der Waals surface area contributed by atoms with Gasteiger partial charge in [-0.05, 0) is 24.4 Å². The first kappa shape index (κ1) is 16.6. The van der Waals surface area contributed by atoms with Crippen molar-refractivity contribution >= 4 is 39.9 Å². The molecule has 1 amide bonds. The number of hydrogen-bond acceptors (Lipinski definition) is 5. The summed E-state index contributed by atoms with van der Waals surface area (Å²) in [6.07, 6.45) is 2.52. The third-order valence-electron chi connectivity index (χ3n) is 2.73. The van der Waals surface area contributed by atoms with Crippen LogP contribution in [0.5, 0.6) is 0 Å². The number of amides is 1. The Balaban J connectivity index is 0.00000200. The molecule has 0 aliphatic heterocycles. The van der Waals surface area contributed by atoms with E-state index in [4.69, 9.17) is 5.73 Å². The van der Waals surface area contributed by atoms with Crippen LogP contribution in [0.1, 0.15) is 12.8 Å². The lowest BCUT2D eigenvalue weighted by atomic mass is 10.3. The molecule has 2 aromatic rings. The molecule has 0 saturated carbocycles. The van der Waals surface area contributed by atoms with E-state index >= 15 is 0 Å². The van der Waals surface area contributed by atoms with Gasteiger partial charge in [0.05, 0.1) is 11.7 Å². The number of fused-ring (bicyclic) bond motifs is 1. The Morgan fingerprint density at radius 3 is 3.05 bits per heavy atom. The standard InChI is InChI=1S/C12H16N4O2S.ClH/c13-4-1-5-14-10(17)2-6-16-8-15-11-9(12(16)18)3-7-19-11;/h3,7-8H,1-2,4-6,13H2,(H,14,17);1H. The highest BCUT2D eigenvalue weighted by molar-refractivity contribution is 7.16. The van der Waals surface area contributed by atoms with Crippen molar-refractivity contribution in [2.45, 2.75) is 19.4 Å². The molecule has 0 aliphatic rings. The second-order valence-corrected chi connectivity index (χ2v) is 5.02. The highest BCUT2D eigenvalue weighted by Gasteiger charge is 2.06. The molecule has 3 N–H and O–H groups in total. The van der Waals surface area contributed by atoms with Crippen molar-refractivity contribution in [3.8, 4) is 0 Å². The minimum atomic E-state index is -0.0963. The zero-order valence-corrected chi connectivity index (χ0v) is 12.5. The molecule has 2 aromatic heterocycles. The normalized spacial score (nSPS) is 10.2. The van der Waals surface area contributed by atoms with Gasteiger partial charge in [-0.3, -0.25) is 14.2 Å². The SMILES string of the molecule is Cl.NCCCNC(=O)CCn1cnc2sccc2c1=O. The van der Waals surface area contributed by atoms with Crippen LogP contribution in [-0.4, -0.2) is 28.5 Å². The van der Waals surface area contributed by atoms with E-state index in [2.05, 4.69) is 10.3 Å². The van der Waals surface area contributed by atoms with Crippen molar-refractivity contribution in [3.05, 3.63) is 28.1 Å². The van der Waals surface area contributed by atoms with Gasteiger partial charge in [-0.2, -0.15) is 0 Å². The van der Waals surface area contributed by atoms with Crippen molar-refractivity contribution in [2.24, 2.45) is 5.73 Å². The number of aromatic nitrogens is 2. The summed E-state index contributed by atoms with van der Waals surface area (Å²) in [4.78, 5) is 28.5. The minimum Gasteiger partial charge on any atom is -0.356 e. The number of halogens is 1. The summed E-state index contributed by atoms with van der Waals surface area (Å²) >= 11 is 1.43. The first-order valence-electron chi connectivity index (χ1n) is 6.12. The van der Waals surface area contributed by atoms with Crippen LogP contribution in [0.2, 0.25) is 0 Å². The summed E-state index contributed by atoms with van der Waals surface area (Å²) in [6.45, 7) is 1.47. The fourth-order valence-electron chi connectivity index (χ4n) is 1.69. The molecule has 0 unspecified atom stereocenters. The molecule has 6 nitrogen and oxygen atoms in total. The number of carbonyl (C=O) groups is 1. The molecule has 0 atom stereocenters. The number of thiophene rings is 1. The van der Waals surface area contributed by atoms with E-state index < -0.39 is 0 Å². The summed E-state index contributed by atoms with van der Waals surface area (Å²) in [5.41, 5.74) is 5.24. The van der Waals surface area contributed by atoms with Crippen LogP contribution in [0, 0.1) is 0 Å². The first-order chi connectivity index (χ1) is 9.22. The highest BCUT2D eigenvalue weighted by Crippen LogP contribution is 2.13. The Morgan fingerprint density at radius 2 is 2.30 bits per heavy atom. The van der Waals surface area contributed by atoms with Gasteiger partial charge in [0.1, 0.15) is 4.83 Å². The molecule has 2 rings (SSSR count). The molecule has 2 heterocycles. The molecular formula is C12H17ClN4O2S. The van der Waals surface area contributed by atoms with Gasteiger partial charge in [-0.15, -0.1) is 23.7 Å². The summed E-state index contributed by atoms with van der Waals surface area (Å²) in [7, 11) is 0. The Labute approximate surface area is 126 Å². The molecule has 0 spiro atoms. The predicted molar refractivity (Wildman–Crippen MR) is 82.4 cm³/mol. The number of nitrogens with two attached hydrogens (primary N) is 1. The lowest BCUT2D eigenvalue weighted by Crippen LogP contribution is -2.28. The fraction of sp³-hybridized carbons (Fsp3) is 0.417. The average Bonchev–Trinajstić information content (AvgIpc) is 2.87. The lowest BCUT2D eigenvalue weighted by molar-refractivity contribution is -0.121. The largest absolute Gasteiger partial charge is 0.356 e. The molecule has 20 heavy (non-hydrogen) atoms. The molecule has 0 fully saturated rings. The first-order valence-corrected chi connectivity index (χ1v) is 6.99. The van der Waals surface area contributed by atoms with Crippen LogP contribution in [0.15, 0.2) is 22.6 Å². The van der Waals surface area contributed by atoms with Crippen LogP contribution in [0.25, 0.3) is 10.2 Å². The Kier molecular flexibility index (Phi) is 6.63. The van der Waals surface area contributed by atoms with Gasteiger partial charge in [0.2, 0.25) is 5.91 Å². The van der Waals surface area contributed by atoms with Gasteiger partial charge >= 0.3 is 0 Å². The second-order valence-electron chi connectivity index (χ2n) is 4.12. The van der Waals surface area contributed by atoms with E-state index in [1.54, 1.807) is 6.07 Å². The number of carbonyl (C=O) groups excluding carboxylic acids is 1. The van der Waals surface area contributed by atoms with Gasteiger partial charge in [-0.25, -0.2) is 4.98 Å². The third-order valence-corrected chi connectivity index (χ3v) is 3.55. The van der Waals surface area contributed by atoms with Crippen LogP contribution < -0.4 is 16.6 Å². The number of nitrogens with one attached hydrogen (secondary N) is 1. The molecule has 0 aliphatic carbocycles. The van der Waals surface area contributed by atoms with Gasteiger partial charge in [0.25, 0.3) is 5.56 Å². The lowest BCUT2D eigenvalue weighted by Gasteiger charge is -2.06. The van der Waals surface area contributed by atoms with Crippen LogP contribution in [0.3, 0.4) is 0 Å². The smallest absolute Gasteiger partial charge is 0.262 e. The molecule has 110 valence electrons. The van der Waals surface area contributed by atoms with Crippen LogP contribution >= 0.6 is 23.7 Å². The van der Waals surface area contributed by atoms with E-state index in [0.717, 1.165) is 11.3 Å². The molecule has 0 saturated heterocycles. The summed E-state index contributed by atoms with van der Waals surface area (Å²) in [6, 6.07) is 1.76. The Morgan fingerprint density at radius 1 is 1.50 bits per heavy atom. The predicted octanol–water partition coefficient (Wildman–Crippen LogP) is 0.735. The molecule has 0 aromatic carbocycles. The monoisotopic (exact) mass is 316 g/mol. The van der Waals surface area contributed by atoms with E-state index in [0.29, 0.717) is 25.0 Å². The fourth-order valence-corrected chi connectivity index (χ4v) is 2.42. The minimum absolute atomic E-state index is 0. The zero-order valence-electron chi connectivity index (χ0n) is 10.9. The summed E-state index contributed by atoms with van der Waals surface area (Å²) in [5.74, 6) is -0.0780. The second kappa shape index (κ2) is 7.98. The number of hydrogen-bond donors (Lipinski definition) is 2. The topological polar surface area (TPSA) is 90.0 Å². The van der Waals surface area contributed by atoms with E-state index in [1.165, 1.54) is 22.2 Å². The maximum Gasteiger partial charge on any atom is 0.262 e. The van der Waals surface area contributed by atoms with Crippen molar-refractivity contribution in [1.82, 2.24) is 14.9 Å². The Bertz CT molecular complexity index is 625. The van der Waals surface area contributed by atoms with E-state index in [-0.39, 0.29) is 30.3 Å². The molecular weight excluding hydrogens is 300 g/mol. The van der Waals surface area contributed by atoms with Crippen molar-refractivity contribution < 1.29 is 4.79 Å². The quantitative estimate of drug-likeness (QED) is 0.769. The highest BCUT2D eigenvalue weighted by atomic mass is 35.5. The van der Waals surface area contributed by atoms with Crippen molar-refractivity contribution in [3.63, 3.8) is 0 Å². The van der Waals surface area contributed by atoms with Gasteiger partial charge in [-0.1, -0.05) is 0 Å². The van der Waals surface area contributed by atoms with Gasteiger partial charge in [0, 0.05) is 19.5 Å². The molecule has 0 bridgehead atoms. The van der Waals surface area contributed by atoms with Gasteiger partial charge in [0.15, 0.2) is 0 Å². The van der Waals surface area contributed by atoms with Gasteiger partial charge < -0.3 is 11.1 Å². The summed E-state index contributed by atoms with van der Waals surface area (Å²) in [5, 5.41) is 5.20. The Hall–Kier alpha value is -1.44. The zero-order chi connectivity index (χ0) is 13.7. The van der Waals surface area contributed by atoms with Crippen LogP contribution in [0.4, 0.5) is 0 Å². The maximum absolute atomic E-state index is 12.0. The number of rotatable bonds is 6. The van der Waals surface area contributed by atoms with E-state index in [1.807, 2.05) is 5.38 Å². The maximum atomic E-state index is 12.0. The molecule has 8 heteroatoms. The summed E-state index contributed by atoms with van der Waals surface area (Å²) < 4.78 is 1.47. The third kappa shape index (κ3) is 4.03. The number of nitrogens with zero attached hydrogens (tertiary/aromatic N) is 2. The van der Waals surface area contributed by atoms with E-state index in [9.17, 15) is 9.59 Å². The van der Waals surface area contributed by atoms with Crippen molar-refractivity contribution in [2.75, 3.05) is 13.1 Å². The number of aryl methyl sites for hydroxylation is 1. The average molecular weight is 317 g/mol. The van der Waals surface area contributed by atoms with Crippen LogP contribution in [-0.2, 0) is 11.3 Å².